The van der Waals surface area contributed by atoms with Crippen LogP contribution in [0.1, 0.15) is 78.6 Å². The van der Waals surface area contributed by atoms with Gasteiger partial charge in [-0.25, -0.2) is 0 Å². The van der Waals surface area contributed by atoms with Gasteiger partial charge in [-0.3, -0.25) is 4.68 Å². The van der Waals surface area contributed by atoms with E-state index < -0.39 is 5.60 Å². The smallest absolute Gasteiger partial charge is 0.0938 e. The normalized spacial score (nSPS) is 44.9. The molecule has 4 nitrogen and oxygen atoms in total. The largest absolute Gasteiger partial charge is 0.391 e. The van der Waals surface area contributed by atoms with Crippen LogP contribution in [0.2, 0.25) is 5.02 Å². The van der Waals surface area contributed by atoms with Crippen LogP contribution >= 0.6 is 11.6 Å². The maximum atomic E-state index is 11.5. The predicted molar refractivity (Wildman–Crippen MR) is 137 cm³/mol. The molecule has 6 rings (SSSR count). The Labute approximate surface area is 209 Å². The third kappa shape index (κ3) is 3.58. The molecule has 5 heteroatoms. The fourth-order valence-electron chi connectivity index (χ4n) is 9.56. The summed E-state index contributed by atoms with van der Waals surface area (Å²) in [6, 6.07) is 5.80. The highest BCUT2D eigenvalue weighted by Gasteiger charge is 2.61. The molecule has 0 aliphatic heterocycles. The van der Waals surface area contributed by atoms with Gasteiger partial charge in [-0.05, 0) is 123 Å². The maximum absolute atomic E-state index is 11.5. The molecule has 186 valence electrons. The Morgan fingerprint density at radius 2 is 1.82 bits per heavy atom. The molecule has 1 aromatic carbocycles. The van der Waals surface area contributed by atoms with Gasteiger partial charge in [0.05, 0.1) is 23.8 Å². The SMILES string of the molecule is C[C@@]1(O)CC[C@@]2(C)[C@@H](CCC3[C@@H]2CC[C@]2(C)[C@@H](C(O)Cn4cc5ccc(Cl)cc5n4)CC[C@@H]32)C1. The first-order valence-electron chi connectivity index (χ1n) is 13.6. The van der Waals surface area contributed by atoms with Crippen LogP contribution in [0.5, 0.6) is 0 Å². The molecule has 0 amide bonds. The average Bonchev–Trinajstić information content (AvgIpc) is 3.33. The molecule has 2 unspecified atom stereocenters. The zero-order valence-electron chi connectivity index (χ0n) is 21.0. The second-order valence-electron chi connectivity index (χ2n) is 13.2. The summed E-state index contributed by atoms with van der Waals surface area (Å²) in [5, 5.41) is 28.7. The Morgan fingerprint density at radius 3 is 2.65 bits per heavy atom. The lowest BCUT2D eigenvalue weighted by Gasteiger charge is -2.62. The zero-order chi connectivity index (χ0) is 23.9. The molecule has 1 heterocycles. The van der Waals surface area contributed by atoms with E-state index in [1.165, 1.54) is 38.5 Å². The second kappa shape index (κ2) is 7.95. The number of fused-ring (bicyclic) bond motifs is 6. The van der Waals surface area contributed by atoms with E-state index in [0.29, 0.717) is 28.8 Å². The summed E-state index contributed by atoms with van der Waals surface area (Å²) in [5.74, 6) is 3.31. The minimum atomic E-state index is -0.467. The van der Waals surface area contributed by atoms with Gasteiger partial charge in [-0.1, -0.05) is 25.4 Å². The summed E-state index contributed by atoms with van der Waals surface area (Å²) >= 11 is 6.14. The summed E-state index contributed by atoms with van der Waals surface area (Å²) in [5.41, 5.74) is 1.04. The number of hydrogen-bond donors (Lipinski definition) is 2. The molecule has 9 atom stereocenters. The van der Waals surface area contributed by atoms with Crippen molar-refractivity contribution < 1.29 is 10.2 Å². The van der Waals surface area contributed by atoms with Crippen molar-refractivity contribution in [3.63, 3.8) is 0 Å². The third-order valence-electron chi connectivity index (χ3n) is 11.4. The minimum absolute atomic E-state index is 0.222. The highest BCUT2D eigenvalue weighted by molar-refractivity contribution is 6.31. The van der Waals surface area contributed by atoms with Crippen molar-refractivity contribution in [2.75, 3.05) is 0 Å². The number of aliphatic hydroxyl groups excluding tert-OH is 1. The zero-order valence-corrected chi connectivity index (χ0v) is 21.8. The monoisotopic (exact) mass is 484 g/mol. The highest BCUT2D eigenvalue weighted by atomic mass is 35.5. The van der Waals surface area contributed by atoms with Crippen molar-refractivity contribution in [3.05, 3.63) is 29.4 Å². The van der Waals surface area contributed by atoms with Gasteiger partial charge in [0.1, 0.15) is 0 Å². The van der Waals surface area contributed by atoms with Gasteiger partial charge in [0.25, 0.3) is 0 Å². The van der Waals surface area contributed by atoms with E-state index in [9.17, 15) is 10.2 Å². The van der Waals surface area contributed by atoms with Gasteiger partial charge in [-0.2, -0.15) is 5.10 Å². The third-order valence-corrected chi connectivity index (χ3v) is 11.6. The molecule has 4 fully saturated rings. The molecule has 0 saturated heterocycles. The molecule has 2 aromatic rings. The fourth-order valence-corrected chi connectivity index (χ4v) is 9.72. The van der Waals surface area contributed by atoms with Crippen LogP contribution in [-0.2, 0) is 6.54 Å². The van der Waals surface area contributed by atoms with Crippen molar-refractivity contribution >= 4 is 22.5 Å². The Morgan fingerprint density at radius 1 is 1.03 bits per heavy atom. The molecule has 2 N–H and O–H groups in total. The molecule has 0 spiro atoms. The first-order chi connectivity index (χ1) is 16.1. The van der Waals surface area contributed by atoms with Crippen molar-refractivity contribution in [3.8, 4) is 0 Å². The van der Waals surface area contributed by atoms with Crippen LogP contribution in [0.15, 0.2) is 24.4 Å². The van der Waals surface area contributed by atoms with Crippen molar-refractivity contribution in [2.24, 2.45) is 40.4 Å². The number of halogens is 1. The lowest BCUT2D eigenvalue weighted by molar-refractivity contribution is -0.150. The van der Waals surface area contributed by atoms with Crippen LogP contribution in [0, 0.1) is 40.4 Å². The summed E-state index contributed by atoms with van der Waals surface area (Å²) in [6.45, 7) is 7.66. The first-order valence-corrected chi connectivity index (χ1v) is 14.0. The van der Waals surface area contributed by atoms with Gasteiger partial charge < -0.3 is 10.2 Å². The Hall–Kier alpha value is -1.10. The lowest BCUT2D eigenvalue weighted by Crippen LogP contribution is -2.56. The van der Waals surface area contributed by atoms with Gasteiger partial charge >= 0.3 is 0 Å². The Balaban J connectivity index is 1.20. The summed E-state index contributed by atoms with van der Waals surface area (Å²) in [6.07, 6.45) is 12.3. The number of nitrogens with zero attached hydrogens (tertiary/aromatic N) is 2. The van der Waals surface area contributed by atoms with Gasteiger partial charge in [0, 0.05) is 16.6 Å². The van der Waals surface area contributed by atoms with Crippen LogP contribution in [0.3, 0.4) is 0 Å². The standard InChI is InChI=1S/C29H41ClN2O2/c1-27(34)12-13-28(2)19(15-27)5-7-21-22-8-9-24(29(22,3)11-10-23(21)28)26(33)17-32-16-18-4-6-20(30)14-25(18)31-32/h4,6,14,16,19,21-24,26,33-34H,5,7-13,15,17H2,1-3H3/t19-,21?,22-,23-,24+,26?,27+,28-,29-/m0/s1. The Bertz CT molecular complexity index is 1080. The molecule has 0 bridgehead atoms. The topological polar surface area (TPSA) is 58.3 Å². The van der Waals surface area contributed by atoms with E-state index in [1.54, 1.807) is 0 Å². The van der Waals surface area contributed by atoms with E-state index >= 15 is 0 Å². The van der Waals surface area contributed by atoms with E-state index in [0.717, 1.165) is 47.9 Å². The first kappa shape index (κ1) is 23.3. The van der Waals surface area contributed by atoms with E-state index in [4.69, 9.17) is 16.7 Å². The number of hydrogen-bond acceptors (Lipinski definition) is 3. The maximum Gasteiger partial charge on any atom is 0.0938 e. The number of benzene rings is 1. The van der Waals surface area contributed by atoms with Gasteiger partial charge in [-0.15, -0.1) is 0 Å². The van der Waals surface area contributed by atoms with Crippen LogP contribution in [0.25, 0.3) is 10.9 Å². The molecule has 0 radical (unpaired) electrons. The molecular weight excluding hydrogens is 444 g/mol. The van der Waals surface area contributed by atoms with E-state index in [2.05, 4.69) is 20.8 Å². The molecule has 4 saturated carbocycles. The molecule has 4 aliphatic carbocycles. The predicted octanol–water partition coefficient (Wildman–Crippen LogP) is 6.46. The van der Waals surface area contributed by atoms with Crippen molar-refractivity contribution in [2.45, 2.75) is 96.8 Å². The van der Waals surface area contributed by atoms with E-state index in [1.807, 2.05) is 29.1 Å². The van der Waals surface area contributed by atoms with Crippen molar-refractivity contribution in [1.29, 1.82) is 0 Å². The number of aliphatic hydroxyl groups is 2. The lowest BCUT2D eigenvalue weighted by atomic mass is 9.44. The number of rotatable bonds is 3. The van der Waals surface area contributed by atoms with Gasteiger partial charge in [0.2, 0.25) is 0 Å². The summed E-state index contributed by atoms with van der Waals surface area (Å²) in [7, 11) is 0. The number of aromatic nitrogens is 2. The van der Waals surface area contributed by atoms with Crippen LogP contribution < -0.4 is 0 Å². The average molecular weight is 485 g/mol. The summed E-state index contributed by atoms with van der Waals surface area (Å²) in [4.78, 5) is 0. The minimum Gasteiger partial charge on any atom is -0.391 e. The Kier molecular flexibility index (Phi) is 5.45. The molecule has 34 heavy (non-hydrogen) atoms. The van der Waals surface area contributed by atoms with Gasteiger partial charge in [0.15, 0.2) is 0 Å². The molecule has 1 aromatic heterocycles. The molecule has 4 aliphatic rings. The van der Waals surface area contributed by atoms with E-state index in [-0.39, 0.29) is 11.5 Å². The van der Waals surface area contributed by atoms with Crippen LogP contribution in [-0.4, -0.2) is 31.7 Å². The molecular formula is C29H41ClN2O2. The van der Waals surface area contributed by atoms with Crippen molar-refractivity contribution in [1.82, 2.24) is 9.78 Å². The van der Waals surface area contributed by atoms with Crippen LogP contribution in [0.4, 0.5) is 0 Å². The highest BCUT2D eigenvalue weighted by Crippen LogP contribution is 2.68. The fraction of sp³-hybridized carbons (Fsp3) is 0.759. The second-order valence-corrected chi connectivity index (χ2v) is 13.6. The summed E-state index contributed by atoms with van der Waals surface area (Å²) < 4.78 is 1.92. The quantitative estimate of drug-likeness (QED) is 0.525.